The van der Waals surface area contributed by atoms with Gasteiger partial charge < -0.3 is 10.6 Å². The number of hydrogen-bond donors (Lipinski definition) is 1. The maximum absolute atomic E-state index is 12.4. The van der Waals surface area contributed by atoms with Crippen LogP contribution in [0.4, 0.5) is 0 Å². The first-order chi connectivity index (χ1) is 9.60. The molecular formula is C15H18Cl2N2O. The predicted octanol–water partition coefficient (Wildman–Crippen LogP) is 2.90. The molecule has 0 radical (unpaired) electrons. The van der Waals surface area contributed by atoms with Crippen LogP contribution in [0, 0.1) is 11.8 Å². The highest BCUT2D eigenvalue weighted by molar-refractivity contribution is 6.42. The molecular weight excluding hydrogens is 295 g/mol. The number of nitrogens with zero attached hydrogens (tertiary/aromatic N) is 1. The van der Waals surface area contributed by atoms with Gasteiger partial charge in [0.25, 0.3) is 0 Å². The van der Waals surface area contributed by atoms with Crippen molar-refractivity contribution in [3.8, 4) is 0 Å². The topological polar surface area (TPSA) is 46.3 Å². The van der Waals surface area contributed by atoms with E-state index in [0.29, 0.717) is 28.4 Å². The largest absolute Gasteiger partial charge is 0.342 e. The minimum Gasteiger partial charge on any atom is -0.342 e. The molecule has 5 heteroatoms. The van der Waals surface area contributed by atoms with E-state index in [0.717, 1.165) is 31.5 Å². The summed E-state index contributed by atoms with van der Waals surface area (Å²) < 4.78 is 0. The molecule has 1 aliphatic heterocycles. The van der Waals surface area contributed by atoms with E-state index in [1.54, 1.807) is 6.07 Å². The van der Waals surface area contributed by atoms with Gasteiger partial charge in [-0.3, -0.25) is 4.79 Å². The minimum atomic E-state index is 0.115. The number of likely N-dealkylation sites (tertiary alicyclic amines) is 1. The quantitative estimate of drug-likeness (QED) is 0.932. The van der Waals surface area contributed by atoms with E-state index in [1.165, 1.54) is 0 Å². The molecule has 20 heavy (non-hydrogen) atoms. The second-order valence-electron chi connectivity index (χ2n) is 5.80. The summed E-state index contributed by atoms with van der Waals surface area (Å²) in [4.78, 5) is 14.4. The molecule has 1 aromatic rings. The molecule has 1 amide bonds. The van der Waals surface area contributed by atoms with Crippen molar-refractivity contribution in [3.63, 3.8) is 0 Å². The van der Waals surface area contributed by atoms with Gasteiger partial charge in [0.1, 0.15) is 0 Å². The Labute approximate surface area is 129 Å². The van der Waals surface area contributed by atoms with E-state index in [9.17, 15) is 4.79 Å². The van der Waals surface area contributed by atoms with Crippen molar-refractivity contribution in [2.75, 3.05) is 19.6 Å². The number of nitrogens with two attached hydrogens (primary N) is 1. The van der Waals surface area contributed by atoms with Gasteiger partial charge in [-0.25, -0.2) is 0 Å². The zero-order chi connectivity index (χ0) is 14.3. The molecule has 0 aromatic heterocycles. The molecule has 0 bridgehead atoms. The van der Waals surface area contributed by atoms with Crippen molar-refractivity contribution >= 4 is 29.1 Å². The van der Waals surface area contributed by atoms with Crippen LogP contribution in [-0.2, 0) is 4.79 Å². The number of carbonyl (C=O) groups excluding carboxylic acids is 1. The minimum absolute atomic E-state index is 0.115. The van der Waals surface area contributed by atoms with E-state index < -0.39 is 0 Å². The first-order valence-corrected chi connectivity index (χ1v) is 7.79. The van der Waals surface area contributed by atoms with Gasteiger partial charge >= 0.3 is 0 Å². The lowest BCUT2D eigenvalue weighted by atomic mass is 10.1. The fourth-order valence-corrected chi connectivity index (χ4v) is 3.35. The molecule has 1 saturated carbocycles. The normalized spacial score (nSPS) is 28.8. The molecule has 0 spiro atoms. The van der Waals surface area contributed by atoms with Gasteiger partial charge in [0.2, 0.25) is 5.91 Å². The van der Waals surface area contributed by atoms with Crippen LogP contribution in [0.5, 0.6) is 0 Å². The molecule has 3 atom stereocenters. The number of halogens is 2. The van der Waals surface area contributed by atoms with Gasteiger partial charge in [0.05, 0.1) is 10.0 Å². The molecule has 2 fully saturated rings. The molecule has 2 N–H and O–H groups in total. The third kappa shape index (κ3) is 2.67. The summed E-state index contributed by atoms with van der Waals surface area (Å²) in [6, 6.07) is 5.66. The van der Waals surface area contributed by atoms with E-state index in [1.807, 2.05) is 17.0 Å². The second-order valence-corrected chi connectivity index (χ2v) is 6.61. The lowest BCUT2D eigenvalue weighted by molar-refractivity contribution is -0.131. The highest BCUT2D eigenvalue weighted by atomic mass is 35.5. The Balaban J connectivity index is 1.64. The van der Waals surface area contributed by atoms with Crippen LogP contribution in [0.2, 0.25) is 10.0 Å². The molecule has 1 saturated heterocycles. The standard InChI is InChI=1S/C15H18Cl2N2O/c16-13-2-1-10(5-14(13)17)11-6-12(11)15(20)19-4-3-9(7-18)8-19/h1-2,5,9,11-12H,3-4,6-8,18H2. The molecule has 1 heterocycles. The van der Waals surface area contributed by atoms with Crippen LogP contribution in [0.3, 0.4) is 0 Å². The van der Waals surface area contributed by atoms with Crippen LogP contribution in [0.1, 0.15) is 24.3 Å². The fourth-order valence-electron chi connectivity index (χ4n) is 3.04. The molecule has 1 aromatic carbocycles. The molecule has 3 rings (SSSR count). The third-order valence-electron chi connectivity index (χ3n) is 4.41. The van der Waals surface area contributed by atoms with Gasteiger partial charge in [-0.2, -0.15) is 0 Å². The Hall–Kier alpha value is -0.770. The van der Waals surface area contributed by atoms with E-state index in [2.05, 4.69) is 0 Å². The zero-order valence-corrected chi connectivity index (χ0v) is 12.7. The van der Waals surface area contributed by atoms with Crippen molar-refractivity contribution < 1.29 is 4.79 Å². The number of hydrogen-bond acceptors (Lipinski definition) is 2. The van der Waals surface area contributed by atoms with Crippen LogP contribution >= 0.6 is 23.2 Å². The molecule has 108 valence electrons. The van der Waals surface area contributed by atoms with Crippen molar-refractivity contribution in [2.45, 2.75) is 18.8 Å². The fraction of sp³-hybridized carbons (Fsp3) is 0.533. The highest BCUT2D eigenvalue weighted by Gasteiger charge is 2.46. The van der Waals surface area contributed by atoms with Crippen LogP contribution in [0.15, 0.2) is 18.2 Å². The monoisotopic (exact) mass is 312 g/mol. The smallest absolute Gasteiger partial charge is 0.226 e. The average Bonchev–Trinajstić information content (AvgIpc) is 3.10. The van der Waals surface area contributed by atoms with Crippen molar-refractivity contribution in [1.29, 1.82) is 0 Å². The van der Waals surface area contributed by atoms with E-state index in [4.69, 9.17) is 28.9 Å². The van der Waals surface area contributed by atoms with Crippen molar-refractivity contribution in [2.24, 2.45) is 17.6 Å². The molecule has 3 unspecified atom stereocenters. The molecule has 3 nitrogen and oxygen atoms in total. The zero-order valence-electron chi connectivity index (χ0n) is 11.2. The maximum atomic E-state index is 12.4. The molecule has 2 aliphatic rings. The van der Waals surface area contributed by atoms with Gasteiger partial charge in [0, 0.05) is 19.0 Å². The van der Waals surface area contributed by atoms with Crippen LogP contribution < -0.4 is 5.73 Å². The second kappa shape index (κ2) is 5.55. The van der Waals surface area contributed by atoms with E-state index >= 15 is 0 Å². The van der Waals surface area contributed by atoms with Crippen LogP contribution in [-0.4, -0.2) is 30.4 Å². The first-order valence-electron chi connectivity index (χ1n) is 7.04. The average molecular weight is 313 g/mol. The lowest BCUT2D eigenvalue weighted by Gasteiger charge is -2.16. The number of rotatable bonds is 3. The van der Waals surface area contributed by atoms with Gasteiger partial charge in [-0.15, -0.1) is 0 Å². The summed E-state index contributed by atoms with van der Waals surface area (Å²) in [6.07, 6.45) is 1.95. The Morgan fingerprint density at radius 2 is 2.15 bits per heavy atom. The summed E-state index contributed by atoms with van der Waals surface area (Å²) in [5.74, 6) is 1.16. The summed E-state index contributed by atoms with van der Waals surface area (Å²) >= 11 is 12.0. The Bertz CT molecular complexity index is 535. The number of carbonyl (C=O) groups is 1. The summed E-state index contributed by atoms with van der Waals surface area (Å²) in [5.41, 5.74) is 6.79. The maximum Gasteiger partial charge on any atom is 0.226 e. The van der Waals surface area contributed by atoms with Crippen molar-refractivity contribution in [3.05, 3.63) is 33.8 Å². The van der Waals surface area contributed by atoms with E-state index in [-0.39, 0.29) is 11.8 Å². The summed E-state index contributed by atoms with van der Waals surface area (Å²) in [6.45, 7) is 2.34. The molecule has 1 aliphatic carbocycles. The Morgan fingerprint density at radius 1 is 1.35 bits per heavy atom. The summed E-state index contributed by atoms with van der Waals surface area (Å²) in [7, 11) is 0. The number of benzene rings is 1. The SMILES string of the molecule is NCC1CCN(C(=O)C2CC2c2ccc(Cl)c(Cl)c2)C1. The van der Waals surface area contributed by atoms with Gasteiger partial charge in [-0.05, 0) is 48.9 Å². The Kier molecular flexibility index (Phi) is 3.93. The Morgan fingerprint density at radius 3 is 2.80 bits per heavy atom. The van der Waals surface area contributed by atoms with Gasteiger partial charge in [-0.1, -0.05) is 29.3 Å². The summed E-state index contributed by atoms with van der Waals surface area (Å²) in [5, 5.41) is 1.12. The first kappa shape index (κ1) is 14.2. The van der Waals surface area contributed by atoms with Gasteiger partial charge in [0.15, 0.2) is 0 Å². The van der Waals surface area contributed by atoms with Crippen LogP contribution in [0.25, 0.3) is 0 Å². The number of amides is 1. The van der Waals surface area contributed by atoms with Crippen molar-refractivity contribution in [1.82, 2.24) is 4.90 Å². The third-order valence-corrected chi connectivity index (χ3v) is 5.15. The lowest BCUT2D eigenvalue weighted by Crippen LogP contribution is -2.31. The highest BCUT2D eigenvalue weighted by Crippen LogP contribution is 2.49. The predicted molar refractivity (Wildman–Crippen MR) is 81.1 cm³/mol.